The van der Waals surface area contributed by atoms with Crippen LogP contribution in [0.15, 0.2) is 48.5 Å². The Hall–Kier alpha value is -2.74. The highest BCUT2D eigenvalue weighted by molar-refractivity contribution is 7.92. The number of ether oxygens (including phenoxy) is 2. The van der Waals surface area contributed by atoms with Crippen LogP contribution in [0.2, 0.25) is 0 Å². The van der Waals surface area contributed by atoms with Gasteiger partial charge in [0.25, 0.3) is 0 Å². The Bertz CT molecular complexity index is 853. The first kappa shape index (κ1) is 19.6. The predicted octanol–water partition coefficient (Wildman–Crippen LogP) is 1.79. The summed E-state index contributed by atoms with van der Waals surface area (Å²) >= 11 is 0. The predicted molar refractivity (Wildman–Crippen MR) is 100 cm³/mol. The maximum absolute atomic E-state index is 12.3. The molecule has 0 saturated heterocycles. The molecule has 8 heteroatoms. The fourth-order valence-electron chi connectivity index (χ4n) is 2.36. The molecule has 0 aliphatic rings. The third kappa shape index (κ3) is 5.13. The van der Waals surface area contributed by atoms with E-state index in [0.29, 0.717) is 23.7 Å². The van der Waals surface area contributed by atoms with Gasteiger partial charge in [-0.15, -0.1) is 0 Å². The molecule has 0 aliphatic heterocycles. The average Bonchev–Trinajstić information content (AvgIpc) is 2.63. The smallest absolute Gasteiger partial charge is 0.241 e. The van der Waals surface area contributed by atoms with Crippen LogP contribution in [-0.4, -0.2) is 41.3 Å². The number of hydrogen-bond acceptors (Lipinski definition) is 5. The number of methoxy groups -OCH3 is 2. The molecular weight excluding hydrogens is 356 g/mol. The summed E-state index contributed by atoms with van der Waals surface area (Å²) in [6.45, 7) is -0.00956. The van der Waals surface area contributed by atoms with E-state index >= 15 is 0 Å². The normalized spacial score (nSPS) is 10.9. The molecule has 0 aliphatic carbocycles. The van der Waals surface area contributed by atoms with Crippen molar-refractivity contribution in [2.24, 2.45) is 0 Å². The van der Waals surface area contributed by atoms with Crippen molar-refractivity contribution in [2.75, 3.05) is 31.3 Å². The molecule has 1 amide bonds. The number of amides is 1. The molecule has 0 bridgehead atoms. The number of carbonyl (C=O) groups is 1. The highest BCUT2D eigenvalue weighted by Crippen LogP contribution is 2.32. The largest absolute Gasteiger partial charge is 0.493 e. The Balaban J connectivity index is 2.16. The number of benzene rings is 2. The van der Waals surface area contributed by atoms with Crippen LogP contribution >= 0.6 is 0 Å². The van der Waals surface area contributed by atoms with E-state index in [-0.39, 0.29) is 6.54 Å². The molecule has 0 unspecified atom stereocenters. The Kier molecular flexibility index (Phi) is 6.46. The maximum atomic E-state index is 12.3. The SMILES string of the molecule is COc1ccc(N(CC(=O)NCc2ccccc2)S(C)(=O)=O)cc1OC. The van der Waals surface area contributed by atoms with Crippen molar-refractivity contribution in [2.45, 2.75) is 6.54 Å². The van der Waals surface area contributed by atoms with Gasteiger partial charge in [-0.3, -0.25) is 9.10 Å². The van der Waals surface area contributed by atoms with E-state index in [4.69, 9.17) is 9.47 Å². The standard InChI is InChI=1S/C18H22N2O5S/c1-24-16-10-9-15(11-17(16)25-2)20(26(3,22)23)13-18(21)19-12-14-7-5-4-6-8-14/h4-11H,12-13H2,1-3H3,(H,19,21). The van der Waals surface area contributed by atoms with Gasteiger partial charge in [-0.2, -0.15) is 0 Å². The highest BCUT2D eigenvalue weighted by atomic mass is 32.2. The van der Waals surface area contributed by atoms with Crippen molar-refractivity contribution in [1.82, 2.24) is 5.32 Å². The number of carbonyl (C=O) groups excluding carboxylic acids is 1. The lowest BCUT2D eigenvalue weighted by atomic mass is 10.2. The third-order valence-corrected chi connectivity index (χ3v) is 4.82. The van der Waals surface area contributed by atoms with Crippen LogP contribution in [0.1, 0.15) is 5.56 Å². The van der Waals surface area contributed by atoms with Gasteiger partial charge in [0.05, 0.1) is 26.2 Å². The number of nitrogens with one attached hydrogen (secondary N) is 1. The number of sulfonamides is 1. The van der Waals surface area contributed by atoms with E-state index in [2.05, 4.69) is 5.32 Å². The molecule has 2 aromatic carbocycles. The van der Waals surface area contributed by atoms with Gasteiger partial charge in [-0.25, -0.2) is 8.42 Å². The monoisotopic (exact) mass is 378 g/mol. The lowest BCUT2D eigenvalue weighted by Gasteiger charge is -2.23. The van der Waals surface area contributed by atoms with E-state index in [1.54, 1.807) is 12.1 Å². The average molecular weight is 378 g/mol. The molecule has 0 saturated carbocycles. The molecule has 0 radical (unpaired) electrons. The third-order valence-electron chi connectivity index (χ3n) is 3.68. The van der Waals surface area contributed by atoms with Crippen LogP contribution < -0.4 is 19.1 Å². The van der Waals surface area contributed by atoms with Crippen molar-refractivity contribution in [1.29, 1.82) is 0 Å². The van der Waals surface area contributed by atoms with Gasteiger partial charge in [-0.1, -0.05) is 30.3 Å². The van der Waals surface area contributed by atoms with Crippen molar-refractivity contribution < 1.29 is 22.7 Å². The summed E-state index contributed by atoms with van der Waals surface area (Å²) in [7, 11) is -0.718. The number of anilines is 1. The number of nitrogens with zero attached hydrogens (tertiary/aromatic N) is 1. The van der Waals surface area contributed by atoms with Gasteiger partial charge >= 0.3 is 0 Å². The number of hydrogen-bond donors (Lipinski definition) is 1. The van der Waals surface area contributed by atoms with E-state index in [9.17, 15) is 13.2 Å². The fourth-order valence-corrected chi connectivity index (χ4v) is 3.21. The number of rotatable bonds is 8. The first-order valence-electron chi connectivity index (χ1n) is 7.85. The van der Waals surface area contributed by atoms with Crippen LogP contribution in [-0.2, 0) is 21.4 Å². The summed E-state index contributed by atoms with van der Waals surface area (Å²) < 4.78 is 35.7. The van der Waals surface area contributed by atoms with Crippen molar-refractivity contribution in [3.63, 3.8) is 0 Å². The Morgan fingerprint density at radius 1 is 1.04 bits per heavy atom. The van der Waals surface area contributed by atoms with Crippen LogP contribution in [0.3, 0.4) is 0 Å². The summed E-state index contributed by atoms with van der Waals surface area (Å²) in [5, 5.41) is 2.72. The summed E-state index contributed by atoms with van der Waals surface area (Å²) in [5.41, 5.74) is 1.25. The molecule has 0 spiro atoms. The van der Waals surface area contributed by atoms with Crippen molar-refractivity contribution in [3.8, 4) is 11.5 Å². The molecule has 1 N–H and O–H groups in total. The van der Waals surface area contributed by atoms with Crippen LogP contribution in [0, 0.1) is 0 Å². The second kappa shape index (κ2) is 8.57. The second-order valence-electron chi connectivity index (χ2n) is 5.57. The first-order valence-corrected chi connectivity index (χ1v) is 9.70. The second-order valence-corrected chi connectivity index (χ2v) is 7.48. The zero-order valence-electron chi connectivity index (χ0n) is 14.9. The molecule has 2 aromatic rings. The van der Waals surface area contributed by atoms with E-state index in [1.165, 1.54) is 20.3 Å². The Morgan fingerprint density at radius 2 is 1.69 bits per heavy atom. The first-order chi connectivity index (χ1) is 12.3. The zero-order valence-corrected chi connectivity index (χ0v) is 15.7. The Labute approximate surface area is 153 Å². The molecule has 2 rings (SSSR count). The maximum Gasteiger partial charge on any atom is 0.241 e. The molecule has 0 aromatic heterocycles. The van der Waals surface area contributed by atoms with Crippen molar-refractivity contribution in [3.05, 3.63) is 54.1 Å². The lowest BCUT2D eigenvalue weighted by molar-refractivity contribution is -0.119. The summed E-state index contributed by atoms with van der Waals surface area (Å²) in [6.07, 6.45) is 1.05. The molecule has 26 heavy (non-hydrogen) atoms. The van der Waals surface area contributed by atoms with Crippen LogP contribution in [0.4, 0.5) is 5.69 Å². The van der Waals surface area contributed by atoms with Gasteiger partial charge in [0.1, 0.15) is 6.54 Å². The van der Waals surface area contributed by atoms with E-state index < -0.39 is 15.9 Å². The topological polar surface area (TPSA) is 84.9 Å². The lowest BCUT2D eigenvalue weighted by Crippen LogP contribution is -2.40. The zero-order chi connectivity index (χ0) is 19.2. The van der Waals surface area contributed by atoms with Gasteiger partial charge in [0.2, 0.25) is 15.9 Å². The van der Waals surface area contributed by atoms with Crippen LogP contribution in [0.5, 0.6) is 11.5 Å². The molecule has 140 valence electrons. The minimum atomic E-state index is -3.66. The molecule has 0 atom stereocenters. The van der Waals surface area contributed by atoms with Crippen LogP contribution in [0.25, 0.3) is 0 Å². The van der Waals surface area contributed by atoms with Gasteiger partial charge in [0, 0.05) is 12.6 Å². The van der Waals surface area contributed by atoms with Crippen molar-refractivity contribution >= 4 is 21.6 Å². The fraction of sp³-hybridized carbons (Fsp3) is 0.278. The molecule has 0 heterocycles. The Morgan fingerprint density at radius 3 is 2.27 bits per heavy atom. The van der Waals surface area contributed by atoms with Gasteiger partial charge in [0.15, 0.2) is 11.5 Å². The summed E-state index contributed by atoms with van der Waals surface area (Å²) in [6, 6.07) is 14.0. The molecule has 7 nitrogen and oxygen atoms in total. The highest BCUT2D eigenvalue weighted by Gasteiger charge is 2.22. The minimum Gasteiger partial charge on any atom is -0.493 e. The quantitative estimate of drug-likeness (QED) is 0.757. The molecular formula is C18H22N2O5S. The molecule has 0 fully saturated rings. The van der Waals surface area contributed by atoms with E-state index in [0.717, 1.165) is 16.1 Å². The summed E-state index contributed by atoms with van der Waals surface area (Å²) in [5.74, 6) is 0.440. The van der Waals surface area contributed by atoms with E-state index in [1.807, 2.05) is 30.3 Å². The summed E-state index contributed by atoms with van der Waals surface area (Å²) in [4.78, 5) is 12.3. The van der Waals surface area contributed by atoms with Gasteiger partial charge in [-0.05, 0) is 17.7 Å². The van der Waals surface area contributed by atoms with Gasteiger partial charge < -0.3 is 14.8 Å². The minimum absolute atomic E-state index is 0.319.